The van der Waals surface area contributed by atoms with Crippen LogP contribution in [0.5, 0.6) is 5.75 Å². The van der Waals surface area contributed by atoms with Crippen molar-refractivity contribution in [2.45, 2.75) is 13.3 Å². The van der Waals surface area contributed by atoms with E-state index in [4.69, 9.17) is 9.47 Å². The number of hydrogen-bond donors (Lipinski definition) is 0. The minimum Gasteiger partial charge on any atom is -0.497 e. The molecule has 2 aromatic rings. The summed E-state index contributed by atoms with van der Waals surface area (Å²) in [5.74, 6) is 0.548. The summed E-state index contributed by atoms with van der Waals surface area (Å²) in [6, 6.07) is 7.76. The van der Waals surface area contributed by atoms with Crippen LogP contribution in [0.15, 0.2) is 36.7 Å². The molecule has 0 amide bonds. The number of aromatic nitrogens is 1. The highest BCUT2D eigenvalue weighted by atomic mass is 16.5. The van der Waals surface area contributed by atoms with Crippen LogP contribution in [0.25, 0.3) is 11.1 Å². The summed E-state index contributed by atoms with van der Waals surface area (Å²) in [6.45, 7) is 1.99. The standard InChI is InChI=1S/C16H17NO3/c1-11-13(8-16(18)20-3)9-17-10-15(11)12-4-6-14(19-2)7-5-12/h4-7,9-10H,8H2,1-3H3. The topological polar surface area (TPSA) is 48.4 Å². The van der Waals surface area contributed by atoms with E-state index in [2.05, 4.69) is 4.98 Å². The van der Waals surface area contributed by atoms with E-state index in [0.717, 1.165) is 28.0 Å². The Hall–Kier alpha value is -2.36. The first kappa shape index (κ1) is 14.1. The minimum absolute atomic E-state index is 0.235. The van der Waals surface area contributed by atoms with Crippen LogP contribution >= 0.6 is 0 Å². The van der Waals surface area contributed by atoms with Crippen molar-refractivity contribution in [3.8, 4) is 16.9 Å². The van der Waals surface area contributed by atoms with Crippen molar-refractivity contribution >= 4 is 5.97 Å². The Bertz CT molecular complexity index is 606. The van der Waals surface area contributed by atoms with Crippen LogP contribution in [0.3, 0.4) is 0 Å². The van der Waals surface area contributed by atoms with Crippen molar-refractivity contribution in [2.24, 2.45) is 0 Å². The number of esters is 1. The van der Waals surface area contributed by atoms with Crippen LogP contribution in [0.4, 0.5) is 0 Å². The van der Waals surface area contributed by atoms with Gasteiger partial charge in [-0.25, -0.2) is 0 Å². The molecule has 4 heteroatoms. The monoisotopic (exact) mass is 271 g/mol. The second-order valence-electron chi connectivity index (χ2n) is 4.45. The highest BCUT2D eigenvalue weighted by Crippen LogP contribution is 2.26. The molecule has 0 spiro atoms. The van der Waals surface area contributed by atoms with Crippen molar-refractivity contribution in [3.05, 3.63) is 47.8 Å². The molecule has 0 saturated heterocycles. The molecule has 0 N–H and O–H groups in total. The third-order valence-corrected chi connectivity index (χ3v) is 3.28. The number of carbonyl (C=O) groups excluding carboxylic acids is 1. The molecule has 0 aliphatic heterocycles. The molecule has 0 saturated carbocycles. The second kappa shape index (κ2) is 6.19. The molecule has 2 rings (SSSR count). The van der Waals surface area contributed by atoms with Gasteiger partial charge in [-0.1, -0.05) is 12.1 Å². The van der Waals surface area contributed by atoms with Crippen LogP contribution in [0, 0.1) is 6.92 Å². The summed E-state index contributed by atoms with van der Waals surface area (Å²) >= 11 is 0. The Morgan fingerprint density at radius 3 is 2.45 bits per heavy atom. The van der Waals surface area contributed by atoms with E-state index < -0.39 is 0 Å². The maximum Gasteiger partial charge on any atom is 0.310 e. The quantitative estimate of drug-likeness (QED) is 0.802. The van der Waals surface area contributed by atoms with Crippen LogP contribution in [0.2, 0.25) is 0 Å². The molecule has 0 bridgehead atoms. The van der Waals surface area contributed by atoms with Gasteiger partial charge in [0.2, 0.25) is 0 Å². The normalized spacial score (nSPS) is 10.2. The first-order valence-corrected chi connectivity index (χ1v) is 6.30. The zero-order valence-corrected chi connectivity index (χ0v) is 11.8. The number of methoxy groups -OCH3 is 2. The lowest BCUT2D eigenvalue weighted by Crippen LogP contribution is -2.06. The molecule has 0 unspecified atom stereocenters. The highest BCUT2D eigenvalue weighted by Gasteiger charge is 2.10. The molecule has 1 aromatic heterocycles. The number of rotatable bonds is 4. The molecular formula is C16H17NO3. The Kier molecular flexibility index (Phi) is 4.35. The zero-order chi connectivity index (χ0) is 14.5. The van der Waals surface area contributed by atoms with Crippen LogP contribution in [-0.4, -0.2) is 25.2 Å². The van der Waals surface area contributed by atoms with E-state index in [1.165, 1.54) is 7.11 Å². The molecule has 20 heavy (non-hydrogen) atoms. The maximum atomic E-state index is 11.4. The van der Waals surface area contributed by atoms with Crippen molar-refractivity contribution in [3.63, 3.8) is 0 Å². The molecule has 1 aromatic carbocycles. The highest BCUT2D eigenvalue weighted by molar-refractivity contribution is 5.75. The summed E-state index contributed by atoms with van der Waals surface area (Å²) < 4.78 is 9.85. The SMILES string of the molecule is COC(=O)Cc1cncc(-c2ccc(OC)cc2)c1C. The Morgan fingerprint density at radius 2 is 1.85 bits per heavy atom. The van der Waals surface area contributed by atoms with Gasteiger partial charge in [0.05, 0.1) is 20.6 Å². The van der Waals surface area contributed by atoms with Gasteiger partial charge in [-0.2, -0.15) is 0 Å². The van der Waals surface area contributed by atoms with Crippen molar-refractivity contribution in [1.29, 1.82) is 0 Å². The van der Waals surface area contributed by atoms with E-state index in [1.54, 1.807) is 19.5 Å². The number of ether oxygens (including phenoxy) is 2. The predicted octanol–water partition coefficient (Wildman–Crippen LogP) is 2.78. The number of pyridine rings is 1. The van der Waals surface area contributed by atoms with Crippen molar-refractivity contribution < 1.29 is 14.3 Å². The lowest BCUT2D eigenvalue weighted by molar-refractivity contribution is -0.139. The van der Waals surface area contributed by atoms with Crippen LogP contribution < -0.4 is 4.74 Å². The fraction of sp³-hybridized carbons (Fsp3) is 0.250. The molecule has 0 fully saturated rings. The van der Waals surface area contributed by atoms with Crippen molar-refractivity contribution in [2.75, 3.05) is 14.2 Å². The Morgan fingerprint density at radius 1 is 1.15 bits per heavy atom. The van der Waals surface area contributed by atoms with E-state index in [-0.39, 0.29) is 12.4 Å². The third-order valence-electron chi connectivity index (χ3n) is 3.28. The molecule has 0 aliphatic rings. The molecule has 0 atom stereocenters. The third kappa shape index (κ3) is 2.96. The number of carbonyl (C=O) groups is 1. The Labute approximate surface area is 118 Å². The largest absolute Gasteiger partial charge is 0.497 e. The minimum atomic E-state index is -0.262. The molecule has 0 radical (unpaired) electrons. The average Bonchev–Trinajstić information content (AvgIpc) is 2.49. The zero-order valence-electron chi connectivity index (χ0n) is 11.8. The lowest BCUT2D eigenvalue weighted by atomic mass is 9.98. The first-order valence-electron chi connectivity index (χ1n) is 6.30. The second-order valence-corrected chi connectivity index (χ2v) is 4.45. The smallest absolute Gasteiger partial charge is 0.310 e. The fourth-order valence-corrected chi connectivity index (χ4v) is 2.04. The number of nitrogens with zero attached hydrogens (tertiary/aromatic N) is 1. The average molecular weight is 271 g/mol. The number of hydrogen-bond acceptors (Lipinski definition) is 4. The van der Waals surface area contributed by atoms with Crippen LogP contribution in [-0.2, 0) is 16.0 Å². The van der Waals surface area contributed by atoms with Gasteiger partial charge in [-0.05, 0) is 35.7 Å². The predicted molar refractivity (Wildman–Crippen MR) is 76.7 cm³/mol. The van der Waals surface area contributed by atoms with Gasteiger partial charge in [0.25, 0.3) is 0 Å². The van der Waals surface area contributed by atoms with Crippen LogP contribution in [0.1, 0.15) is 11.1 Å². The fourth-order valence-electron chi connectivity index (χ4n) is 2.04. The van der Waals surface area contributed by atoms with Gasteiger partial charge >= 0.3 is 5.97 Å². The molecule has 104 valence electrons. The first-order chi connectivity index (χ1) is 9.65. The lowest BCUT2D eigenvalue weighted by Gasteiger charge is -2.10. The summed E-state index contributed by atoms with van der Waals surface area (Å²) in [6.07, 6.45) is 3.75. The van der Waals surface area contributed by atoms with E-state index in [1.807, 2.05) is 31.2 Å². The molecule has 4 nitrogen and oxygen atoms in total. The van der Waals surface area contributed by atoms with Crippen molar-refractivity contribution in [1.82, 2.24) is 4.98 Å². The van der Waals surface area contributed by atoms with E-state index >= 15 is 0 Å². The number of benzene rings is 1. The van der Waals surface area contributed by atoms with Gasteiger partial charge in [0.1, 0.15) is 5.75 Å². The van der Waals surface area contributed by atoms with E-state index in [9.17, 15) is 4.79 Å². The van der Waals surface area contributed by atoms with E-state index in [0.29, 0.717) is 0 Å². The summed E-state index contributed by atoms with van der Waals surface area (Å²) in [7, 11) is 3.03. The molecule has 1 heterocycles. The van der Waals surface area contributed by atoms with Gasteiger partial charge in [0, 0.05) is 18.0 Å². The summed E-state index contributed by atoms with van der Waals surface area (Å²) in [5.41, 5.74) is 3.97. The van der Waals surface area contributed by atoms with Gasteiger partial charge in [-0.15, -0.1) is 0 Å². The summed E-state index contributed by atoms with van der Waals surface area (Å²) in [4.78, 5) is 15.6. The molecule has 0 aliphatic carbocycles. The maximum absolute atomic E-state index is 11.4. The summed E-state index contributed by atoms with van der Waals surface area (Å²) in [5, 5.41) is 0. The van der Waals surface area contributed by atoms with Gasteiger partial charge in [0.15, 0.2) is 0 Å². The Balaban J connectivity index is 2.36. The van der Waals surface area contributed by atoms with Gasteiger partial charge in [-0.3, -0.25) is 9.78 Å². The van der Waals surface area contributed by atoms with Gasteiger partial charge < -0.3 is 9.47 Å². The molecular weight excluding hydrogens is 254 g/mol.